The zero-order valence-electron chi connectivity index (χ0n) is 6.82. The van der Waals surface area contributed by atoms with E-state index in [4.69, 9.17) is 0 Å². The lowest BCUT2D eigenvalue weighted by Crippen LogP contribution is -1.96. The molecule has 0 aliphatic heterocycles. The number of allylic oxidation sites excluding steroid dienone is 2. The van der Waals surface area contributed by atoms with Crippen LogP contribution < -0.4 is 0 Å². The Labute approximate surface area is 81.4 Å². The lowest BCUT2D eigenvalue weighted by Gasteiger charge is -1.99. The molecule has 1 saturated carbocycles. The third-order valence-electron chi connectivity index (χ3n) is 2.08. The number of hydrogen-bond acceptors (Lipinski definition) is 1. The van der Waals surface area contributed by atoms with E-state index in [0.29, 0.717) is 12.2 Å². The Bertz CT molecular complexity index is 186. The molecule has 2 heteroatoms. The summed E-state index contributed by atoms with van der Waals surface area (Å²) >= 11 is 2.20. The van der Waals surface area contributed by atoms with Gasteiger partial charge in [0.05, 0.1) is 3.58 Å². The maximum atomic E-state index is 11.2. The van der Waals surface area contributed by atoms with Crippen molar-refractivity contribution in [3.8, 4) is 0 Å². The molecule has 0 N–H and O–H groups in total. The summed E-state index contributed by atoms with van der Waals surface area (Å²) in [7, 11) is 0. The van der Waals surface area contributed by atoms with E-state index in [2.05, 4.69) is 22.6 Å². The third kappa shape index (κ3) is 2.29. The number of rotatable bonds is 2. The summed E-state index contributed by atoms with van der Waals surface area (Å²) in [5.41, 5.74) is 1.40. The van der Waals surface area contributed by atoms with Crippen LogP contribution in [0.25, 0.3) is 0 Å². The fourth-order valence-electron chi connectivity index (χ4n) is 1.37. The van der Waals surface area contributed by atoms with Gasteiger partial charge in [0.2, 0.25) is 0 Å². The van der Waals surface area contributed by atoms with Crippen LogP contribution in [-0.2, 0) is 4.79 Å². The lowest BCUT2D eigenvalue weighted by molar-refractivity contribution is -0.114. The Morgan fingerprint density at radius 3 is 2.45 bits per heavy atom. The Morgan fingerprint density at radius 1 is 1.45 bits per heavy atom. The first kappa shape index (κ1) is 9.23. The summed E-state index contributed by atoms with van der Waals surface area (Å²) in [4.78, 5) is 11.2. The maximum absolute atomic E-state index is 11.2. The minimum absolute atomic E-state index is 0.322. The van der Waals surface area contributed by atoms with Gasteiger partial charge >= 0.3 is 0 Å². The van der Waals surface area contributed by atoms with Crippen LogP contribution >= 0.6 is 22.6 Å². The van der Waals surface area contributed by atoms with Crippen molar-refractivity contribution >= 4 is 28.4 Å². The average molecular weight is 264 g/mol. The van der Waals surface area contributed by atoms with Crippen molar-refractivity contribution in [3.63, 3.8) is 0 Å². The monoisotopic (exact) mass is 264 g/mol. The van der Waals surface area contributed by atoms with Crippen LogP contribution in [0.3, 0.4) is 0 Å². The molecule has 11 heavy (non-hydrogen) atoms. The smallest absolute Gasteiger partial charge is 0.168 e. The molecule has 1 fully saturated rings. The number of Topliss-reactive ketones (excluding diaryl/α,β-unsaturated/α-hetero) is 1. The summed E-state index contributed by atoms with van der Waals surface area (Å²) in [5.74, 6) is 0.322. The second-order valence-electron chi connectivity index (χ2n) is 2.90. The van der Waals surface area contributed by atoms with E-state index in [1.165, 1.54) is 18.4 Å². The van der Waals surface area contributed by atoms with Gasteiger partial charge in [-0.3, -0.25) is 4.79 Å². The molecule has 1 aliphatic carbocycles. The SMILES string of the molecule is CCC(=O)C(I)=C1CCCC1. The fraction of sp³-hybridized carbons (Fsp3) is 0.667. The molecule has 0 saturated heterocycles. The van der Waals surface area contributed by atoms with Crippen LogP contribution in [0.15, 0.2) is 9.15 Å². The molecular formula is C9H13IO. The molecule has 0 aromatic rings. The molecule has 0 bridgehead atoms. The first-order valence-corrected chi connectivity index (χ1v) is 5.24. The third-order valence-corrected chi connectivity index (χ3v) is 3.45. The predicted molar refractivity (Wildman–Crippen MR) is 54.8 cm³/mol. The zero-order valence-corrected chi connectivity index (χ0v) is 8.98. The number of carbonyl (C=O) groups is 1. The normalized spacial score (nSPS) is 17.1. The molecule has 0 amide bonds. The van der Waals surface area contributed by atoms with E-state index in [-0.39, 0.29) is 0 Å². The Balaban J connectivity index is 2.69. The fourth-order valence-corrected chi connectivity index (χ4v) is 2.29. The Hall–Kier alpha value is 0.140. The van der Waals surface area contributed by atoms with E-state index in [0.717, 1.165) is 16.4 Å². The molecule has 0 unspecified atom stereocenters. The van der Waals surface area contributed by atoms with Crippen molar-refractivity contribution in [2.24, 2.45) is 0 Å². The highest BCUT2D eigenvalue weighted by molar-refractivity contribution is 14.1. The van der Waals surface area contributed by atoms with E-state index in [1.54, 1.807) is 0 Å². The van der Waals surface area contributed by atoms with Crippen LogP contribution in [0.5, 0.6) is 0 Å². The van der Waals surface area contributed by atoms with Gasteiger partial charge in [-0.15, -0.1) is 0 Å². The second kappa shape index (κ2) is 4.24. The summed E-state index contributed by atoms with van der Waals surface area (Å²) < 4.78 is 1.02. The molecular weight excluding hydrogens is 251 g/mol. The highest BCUT2D eigenvalue weighted by Gasteiger charge is 2.14. The molecule has 62 valence electrons. The van der Waals surface area contributed by atoms with E-state index in [9.17, 15) is 4.79 Å². The minimum Gasteiger partial charge on any atom is -0.294 e. The van der Waals surface area contributed by atoms with Gasteiger partial charge < -0.3 is 0 Å². The molecule has 1 aliphatic rings. The summed E-state index contributed by atoms with van der Waals surface area (Å²) in [6.45, 7) is 1.93. The van der Waals surface area contributed by atoms with E-state index >= 15 is 0 Å². The topological polar surface area (TPSA) is 17.1 Å². The summed E-state index contributed by atoms with van der Waals surface area (Å²) in [6, 6.07) is 0. The van der Waals surface area contributed by atoms with Gasteiger partial charge in [0.25, 0.3) is 0 Å². The summed E-state index contributed by atoms with van der Waals surface area (Å²) in [5, 5.41) is 0. The first-order valence-electron chi connectivity index (χ1n) is 4.16. The van der Waals surface area contributed by atoms with Crippen LogP contribution in [-0.4, -0.2) is 5.78 Å². The van der Waals surface area contributed by atoms with Gasteiger partial charge in [-0.1, -0.05) is 12.5 Å². The molecule has 0 radical (unpaired) electrons. The Morgan fingerprint density at radius 2 is 2.00 bits per heavy atom. The number of carbonyl (C=O) groups excluding carboxylic acids is 1. The molecule has 0 aromatic heterocycles. The standard InChI is InChI=1S/C9H13IO/c1-2-8(11)9(10)7-5-3-4-6-7/h2-6H2,1H3. The van der Waals surface area contributed by atoms with Crippen molar-refractivity contribution in [1.82, 2.24) is 0 Å². The number of halogens is 1. The van der Waals surface area contributed by atoms with Crippen LogP contribution in [0, 0.1) is 0 Å². The van der Waals surface area contributed by atoms with Gasteiger partial charge in [0, 0.05) is 6.42 Å². The molecule has 0 spiro atoms. The van der Waals surface area contributed by atoms with Crippen LogP contribution in [0.1, 0.15) is 39.0 Å². The van der Waals surface area contributed by atoms with E-state index < -0.39 is 0 Å². The van der Waals surface area contributed by atoms with Crippen LogP contribution in [0.2, 0.25) is 0 Å². The summed E-state index contributed by atoms with van der Waals surface area (Å²) in [6.07, 6.45) is 5.52. The number of ketones is 1. The van der Waals surface area contributed by atoms with Crippen molar-refractivity contribution < 1.29 is 4.79 Å². The minimum atomic E-state index is 0.322. The number of hydrogen-bond donors (Lipinski definition) is 0. The van der Waals surface area contributed by atoms with Crippen molar-refractivity contribution in [2.75, 3.05) is 0 Å². The molecule has 1 rings (SSSR count). The molecule has 0 aromatic carbocycles. The van der Waals surface area contributed by atoms with E-state index in [1.807, 2.05) is 6.92 Å². The average Bonchev–Trinajstić information content (AvgIpc) is 2.53. The first-order chi connectivity index (χ1) is 5.25. The largest absolute Gasteiger partial charge is 0.294 e. The van der Waals surface area contributed by atoms with Crippen molar-refractivity contribution in [1.29, 1.82) is 0 Å². The van der Waals surface area contributed by atoms with Gasteiger partial charge in [-0.25, -0.2) is 0 Å². The van der Waals surface area contributed by atoms with Crippen molar-refractivity contribution in [2.45, 2.75) is 39.0 Å². The van der Waals surface area contributed by atoms with Crippen LogP contribution in [0.4, 0.5) is 0 Å². The molecule has 0 heterocycles. The van der Waals surface area contributed by atoms with Crippen molar-refractivity contribution in [3.05, 3.63) is 9.15 Å². The Kier molecular flexibility index (Phi) is 3.55. The quantitative estimate of drug-likeness (QED) is 0.552. The van der Waals surface area contributed by atoms with Gasteiger partial charge in [0.1, 0.15) is 0 Å². The van der Waals surface area contributed by atoms with Gasteiger partial charge in [-0.05, 0) is 48.3 Å². The molecule has 0 atom stereocenters. The van der Waals surface area contributed by atoms with Gasteiger partial charge in [-0.2, -0.15) is 0 Å². The highest BCUT2D eigenvalue weighted by atomic mass is 127. The lowest BCUT2D eigenvalue weighted by atomic mass is 10.1. The van der Waals surface area contributed by atoms with Gasteiger partial charge in [0.15, 0.2) is 5.78 Å². The second-order valence-corrected chi connectivity index (χ2v) is 3.98. The molecule has 1 nitrogen and oxygen atoms in total. The highest BCUT2D eigenvalue weighted by Crippen LogP contribution is 2.30. The maximum Gasteiger partial charge on any atom is 0.168 e. The predicted octanol–water partition coefficient (Wildman–Crippen LogP) is 3.23. The zero-order chi connectivity index (χ0) is 8.27.